The molecule has 0 bridgehead atoms. The SMILES string of the molecule is CC(C)NC(C)(C#N)CCCN1CCC(C(C)C)C1. The fourth-order valence-electron chi connectivity index (χ4n) is 3.06. The van der Waals surface area contributed by atoms with Crippen molar-refractivity contribution in [2.24, 2.45) is 11.8 Å². The maximum absolute atomic E-state index is 9.31. The Balaban J connectivity index is 2.29. The minimum atomic E-state index is -0.370. The van der Waals surface area contributed by atoms with Gasteiger partial charge in [-0.1, -0.05) is 13.8 Å². The van der Waals surface area contributed by atoms with Crippen LogP contribution in [0, 0.1) is 23.2 Å². The molecule has 1 aliphatic rings. The molecule has 0 saturated carbocycles. The van der Waals surface area contributed by atoms with Crippen molar-refractivity contribution in [3.8, 4) is 6.07 Å². The zero-order chi connectivity index (χ0) is 14.5. The lowest BCUT2D eigenvalue weighted by molar-refractivity contribution is 0.280. The van der Waals surface area contributed by atoms with Crippen LogP contribution in [-0.2, 0) is 0 Å². The molecule has 3 nitrogen and oxygen atoms in total. The van der Waals surface area contributed by atoms with E-state index in [9.17, 15) is 5.26 Å². The summed E-state index contributed by atoms with van der Waals surface area (Å²) in [5, 5.41) is 12.7. The average molecular weight is 265 g/mol. The number of hydrogen-bond acceptors (Lipinski definition) is 3. The van der Waals surface area contributed by atoms with Crippen LogP contribution in [0.4, 0.5) is 0 Å². The molecule has 0 aromatic heterocycles. The van der Waals surface area contributed by atoms with E-state index in [1.807, 2.05) is 6.92 Å². The molecule has 0 spiro atoms. The monoisotopic (exact) mass is 265 g/mol. The van der Waals surface area contributed by atoms with Gasteiger partial charge in [0.15, 0.2) is 0 Å². The van der Waals surface area contributed by atoms with E-state index in [0.29, 0.717) is 6.04 Å². The number of nitrogens with zero attached hydrogens (tertiary/aromatic N) is 2. The Morgan fingerprint density at radius 1 is 1.37 bits per heavy atom. The molecule has 0 aromatic rings. The lowest BCUT2D eigenvalue weighted by atomic mass is 9.95. The second kappa shape index (κ2) is 7.26. The van der Waals surface area contributed by atoms with Crippen molar-refractivity contribution in [1.82, 2.24) is 10.2 Å². The molecule has 1 N–H and O–H groups in total. The van der Waals surface area contributed by atoms with Crippen LogP contribution in [0.3, 0.4) is 0 Å². The summed E-state index contributed by atoms with van der Waals surface area (Å²) in [6.07, 6.45) is 3.39. The molecule has 1 heterocycles. The Hall–Kier alpha value is -0.590. The standard InChI is InChI=1S/C16H31N3/c1-13(2)15-7-10-19(11-15)9-6-8-16(5,12-17)18-14(3)4/h13-15,18H,6-11H2,1-5H3. The van der Waals surface area contributed by atoms with Crippen molar-refractivity contribution >= 4 is 0 Å². The third kappa shape index (κ3) is 5.50. The predicted molar refractivity (Wildman–Crippen MR) is 80.9 cm³/mol. The lowest BCUT2D eigenvalue weighted by Gasteiger charge is -2.27. The van der Waals surface area contributed by atoms with E-state index in [0.717, 1.165) is 31.2 Å². The highest BCUT2D eigenvalue weighted by Gasteiger charge is 2.27. The van der Waals surface area contributed by atoms with Gasteiger partial charge in [0.2, 0.25) is 0 Å². The lowest BCUT2D eigenvalue weighted by Crippen LogP contribution is -2.45. The van der Waals surface area contributed by atoms with Crippen LogP contribution < -0.4 is 5.32 Å². The first-order chi connectivity index (χ1) is 8.86. The molecule has 0 amide bonds. The Morgan fingerprint density at radius 2 is 2.05 bits per heavy atom. The summed E-state index contributed by atoms with van der Waals surface area (Å²) in [6, 6.07) is 2.80. The highest BCUT2D eigenvalue weighted by molar-refractivity contribution is 5.04. The summed E-state index contributed by atoms with van der Waals surface area (Å²) in [4.78, 5) is 2.57. The molecular weight excluding hydrogens is 234 g/mol. The van der Waals surface area contributed by atoms with Crippen molar-refractivity contribution in [3.05, 3.63) is 0 Å². The molecule has 0 radical (unpaired) electrons. The number of likely N-dealkylation sites (tertiary alicyclic amines) is 1. The first-order valence-corrected chi connectivity index (χ1v) is 7.77. The van der Waals surface area contributed by atoms with Gasteiger partial charge in [0.25, 0.3) is 0 Å². The summed E-state index contributed by atoms with van der Waals surface area (Å²) in [5.74, 6) is 1.67. The first kappa shape index (κ1) is 16.5. The van der Waals surface area contributed by atoms with Crippen LogP contribution in [0.1, 0.15) is 53.9 Å². The van der Waals surface area contributed by atoms with Crippen LogP contribution >= 0.6 is 0 Å². The second-order valence-corrected chi connectivity index (χ2v) is 6.94. The number of rotatable bonds is 7. The van der Waals surface area contributed by atoms with Crippen LogP contribution in [0.15, 0.2) is 0 Å². The average Bonchev–Trinajstić information content (AvgIpc) is 2.77. The van der Waals surface area contributed by atoms with Gasteiger partial charge in [-0.05, 0) is 65.0 Å². The summed E-state index contributed by atoms with van der Waals surface area (Å²) in [6.45, 7) is 14.5. The van der Waals surface area contributed by atoms with Gasteiger partial charge >= 0.3 is 0 Å². The third-order valence-electron chi connectivity index (χ3n) is 4.26. The van der Waals surface area contributed by atoms with Crippen molar-refractivity contribution in [1.29, 1.82) is 5.26 Å². The number of nitrogens with one attached hydrogen (secondary N) is 1. The van der Waals surface area contributed by atoms with Gasteiger partial charge in [-0.25, -0.2) is 0 Å². The molecule has 1 aliphatic heterocycles. The summed E-state index contributed by atoms with van der Waals surface area (Å²) >= 11 is 0. The van der Waals surface area contributed by atoms with Gasteiger partial charge in [0.05, 0.1) is 6.07 Å². The highest BCUT2D eigenvalue weighted by Crippen LogP contribution is 2.24. The van der Waals surface area contributed by atoms with Crippen molar-refractivity contribution < 1.29 is 0 Å². The summed E-state index contributed by atoms with van der Waals surface area (Å²) in [7, 11) is 0. The Kier molecular flexibility index (Phi) is 6.29. The summed E-state index contributed by atoms with van der Waals surface area (Å²) in [5.41, 5.74) is -0.370. The van der Waals surface area contributed by atoms with Gasteiger partial charge in [-0.3, -0.25) is 5.32 Å². The topological polar surface area (TPSA) is 39.1 Å². The van der Waals surface area contributed by atoms with E-state index in [1.165, 1.54) is 19.5 Å². The Morgan fingerprint density at radius 3 is 2.53 bits per heavy atom. The zero-order valence-electron chi connectivity index (χ0n) is 13.4. The molecule has 0 aromatic carbocycles. The predicted octanol–water partition coefficient (Wildman–Crippen LogP) is 3.02. The van der Waals surface area contributed by atoms with Gasteiger partial charge in [0.1, 0.15) is 5.54 Å². The van der Waals surface area contributed by atoms with E-state index in [2.05, 4.69) is 44.0 Å². The molecule has 19 heavy (non-hydrogen) atoms. The molecule has 2 atom stereocenters. The largest absolute Gasteiger partial charge is 0.303 e. The third-order valence-corrected chi connectivity index (χ3v) is 4.26. The molecule has 1 rings (SSSR count). The van der Waals surface area contributed by atoms with Crippen LogP contribution in [0.5, 0.6) is 0 Å². The van der Waals surface area contributed by atoms with E-state index in [4.69, 9.17) is 0 Å². The molecule has 1 fully saturated rings. The molecule has 3 heteroatoms. The second-order valence-electron chi connectivity index (χ2n) is 6.94. The van der Waals surface area contributed by atoms with E-state index >= 15 is 0 Å². The Labute approximate surface area is 119 Å². The molecule has 2 unspecified atom stereocenters. The van der Waals surface area contributed by atoms with Gasteiger partial charge in [-0.15, -0.1) is 0 Å². The number of nitriles is 1. The van der Waals surface area contributed by atoms with Gasteiger partial charge < -0.3 is 4.90 Å². The van der Waals surface area contributed by atoms with Crippen molar-refractivity contribution in [2.75, 3.05) is 19.6 Å². The molecule has 110 valence electrons. The quantitative estimate of drug-likeness (QED) is 0.769. The van der Waals surface area contributed by atoms with Crippen LogP contribution in [0.2, 0.25) is 0 Å². The Bertz CT molecular complexity index is 306. The normalized spacial score (nSPS) is 23.8. The summed E-state index contributed by atoms with van der Waals surface area (Å²) < 4.78 is 0. The van der Waals surface area contributed by atoms with E-state index < -0.39 is 0 Å². The van der Waals surface area contributed by atoms with Crippen molar-refractivity contribution in [3.63, 3.8) is 0 Å². The minimum Gasteiger partial charge on any atom is -0.303 e. The van der Waals surface area contributed by atoms with E-state index in [-0.39, 0.29) is 5.54 Å². The maximum Gasteiger partial charge on any atom is 0.104 e. The zero-order valence-corrected chi connectivity index (χ0v) is 13.4. The van der Waals surface area contributed by atoms with E-state index in [1.54, 1.807) is 0 Å². The van der Waals surface area contributed by atoms with Crippen LogP contribution in [-0.4, -0.2) is 36.1 Å². The minimum absolute atomic E-state index is 0.363. The maximum atomic E-state index is 9.31. The molecular formula is C16H31N3. The smallest absolute Gasteiger partial charge is 0.104 e. The first-order valence-electron chi connectivity index (χ1n) is 7.77. The fraction of sp³-hybridized carbons (Fsp3) is 0.938. The number of hydrogen-bond donors (Lipinski definition) is 1. The van der Waals surface area contributed by atoms with Crippen LogP contribution in [0.25, 0.3) is 0 Å². The van der Waals surface area contributed by atoms with Gasteiger partial charge in [0, 0.05) is 12.6 Å². The molecule has 0 aliphatic carbocycles. The highest BCUT2D eigenvalue weighted by atomic mass is 15.1. The molecule has 1 saturated heterocycles. The fourth-order valence-corrected chi connectivity index (χ4v) is 3.06. The van der Waals surface area contributed by atoms with Gasteiger partial charge in [-0.2, -0.15) is 5.26 Å². The van der Waals surface area contributed by atoms with Crippen molar-refractivity contribution in [2.45, 2.75) is 65.5 Å².